The first-order chi connectivity index (χ1) is 14.0. The van der Waals surface area contributed by atoms with Crippen LogP contribution in [0.5, 0.6) is 5.75 Å². The van der Waals surface area contributed by atoms with Crippen LogP contribution in [-0.2, 0) is 9.59 Å². The van der Waals surface area contributed by atoms with Crippen molar-refractivity contribution in [2.45, 2.75) is 37.6 Å². The minimum Gasteiger partial charge on any atom is -0.495 e. The van der Waals surface area contributed by atoms with Gasteiger partial charge in [0.05, 0.1) is 12.8 Å². The summed E-state index contributed by atoms with van der Waals surface area (Å²) in [5.74, 6) is 0.651. The van der Waals surface area contributed by atoms with Crippen molar-refractivity contribution in [3.8, 4) is 5.75 Å². The summed E-state index contributed by atoms with van der Waals surface area (Å²) < 4.78 is 5.43. The van der Waals surface area contributed by atoms with E-state index >= 15 is 0 Å². The minimum absolute atomic E-state index is 0.0161. The summed E-state index contributed by atoms with van der Waals surface area (Å²) in [6.07, 6.45) is 3.48. The molecule has 2 saturated heterocycles. The smallest absolute Gasteiger partial charge is 0.325 e. The highest BCUT2D eigenvalue weighted by Crippen LogP contribution is 2.35. The lowest BCUT2D eigenvalue weighted by molar-refractivity contribution is -0.133. The molecule has 1 spiro atoms. The summed E-state index contributed by atoms with van der Waals surface area (Å²) in [5.41, 5.74) is 0.323. The molecule has 8 heteroatoms. The number of hydrogen-bond donors (Lipinski definition) is 1. The Balaban J connectivity index is 1.29. The number of carbonyl (C=O) groups excluding carboxylic acids is 3. The maximum Gasteiger partial charge on any atom is 0.325 e. The van der Waals surface area contributed by atoms with E-state index in [1.165, 1.54) is 4.90 Å². The molecule has 0 unspecified atom stereocenters. The van der Waals surface area contributed by atoms with E-state index in [0.29, 0.717) is 25.9 Å². The van der Waals surface area contributed by atoms with Crippen LogP contribution in [0.25, 0.3) is 0 Å². The van der Waals surface area contributed by atoms with Gasteiger partial charge in [-0.25, -0.2) is 4.79 Å². The number of carbonyl (C=O) groups is 3. The van der Waals surface area contributed by atoms with Crippen LogP contribution in [-0.4, -0.2) is 73.0 Å². The number of methoxy groups -OCH3 is 1. The predicted octanol–water partition coefficient (Wildman–Crippen LogP) is 1.60. The monoisotopic (exact) mass is 400 g/mol. The number of benzene rings is 1. The van der Waals surface area contributed by atoms with Crippen LogP contribution in [0.1, 0.15) is 32.1 Å². The second-order valence-electron chi connectivity index (χ2n) is 7.97. The fourth-order valence-electron chi connectivity index (χ4n) is 4.65. The molecule has 1 aliphatic carbocycles. The zero-order valence-electron chi connectivity index (χ0n) is 16.9. The molecule has 0 bridgehead atoms. The van der Waals surface area contributed by atoms with Gasteiger partial charge in [0, 0.05) is 39.1 Å². The van der Waals surface area contributed by atoms with Gasteiger partial charge in [-0.1, -0.05) is 25.0 Å². The van der Waals surface area contributed by atoms with E-state index in [2.05, 4.69) is 10.2 Å². The molecular weight excluding hydrogens is 372 g/mol. The summed E-state index contributed by atoms with van der Waals surface area (Å²) in [4.78, 5) is 42.9. The van der Waals surface area contributed by atoms with Gasteiger partial charge < -0.3 is 19.9 Å². The van der Waals surface area contributed by atoms with Crippen LogP contribution in [0.2, 0.25) is 0 Å². The first kappa shape index (κ1) is 19.5. The number of amides is 4. The van der Waals surface area contributed by atoms with Crippen molar-refractivity contribution in [2.24, 2.45) is 0 Å². The highest BCUT2D eigenvalue weighted by Gasteiger charge is 2.52. The molecule has 1 N–H and O–H groups in total. The molecule has 0 atom stereocenters. The van der Waals surface area contributed by atoms with Gasteiger partial charge in [0.1, 0.15) is 11.3 Å². The Labute approximate surface area is 170 Å². The summed E-state index contributed by atoms with van der Waals surface area (Å²) in [7, 11) is 1.66. The molecular formula is C21H28N4O4. The van der Waals surface area contributed by atoms with Crippen molar-refractivity contribution in [2.75, 3.05) is 44.7 Å². The summed E-state index contributed by atoms with van der Waals surface area (Å²) in [6.45, 7) is 2.82. The molecule has 4 rings (SSSR count). The number of nitrogens with one attached hydrogen (secondary N) is 1. The van der Waals surface area contributed by atoms with Crippen LogP contribution >= 0.6 is 0 Å². The number of para-hydroxylation sites is 2. The molecule has 1 aromatic carbocycles. The van der Waals surface area contributed by atoms with E-state index in [0.717, 1.165) is 37.4 Å². The molecule has 4 amide bonds. The lowest BCUT2D eigenvalue weighted by Gasteiger charge is -2.36. The second-order valence-corrected chi connectivity index (χ2v) is 7.97. The average molecular weight is 400 g/mol. The number of rotatable bonds is 5. The van der Waals surface area contributed by atoms with Crippen molar-refractivity contribution in [1.29, 1.82) is 0 Å². The van der Waals surface area contributed by atoms with Crippen molar-refractivity contribution in [3.63, 3.8) is 0 Å². The summed E-state index contributed by atoms with van der Waals surface area (Å²) >= 11 is 0. The van der Waals surface area contributed by atoms with Gasteiger partial charge in [0.15, 0.2) is 0 Å². The number of anilines is 1. The molecule has 156 valence electrons. The Bertz CT molecular complexity index is 798. The average Bonchev–Trinajstić information content (AvgIpc) is 3.31. The zero-order chi connectivity index (χ0) is 20.4. The van der Waals surface area contributed by atoms with Gasteiger partial charge >= 0.3 is 6.03 Å². The Kier molecular flexibility index (Phi) is 5.34. The van der Waals surface area contributed by atoms with Crippen molar-refractivity contribution in [3.05, 3.63) is 24.3 Å². The number of urea groups is 1. The summed E-state index contributed by atoms with van der Waals surface area (Å²) in [6, 6.07) is 7.51. The Morgan fingerprint density at radius 3 is 2.48 bits per heavy atom. The van der Waals surface area contributed by atoms with Gasteiger partial charge in [0.2, 0.25) is 5.91 Å². The lowest BCUT2D eigenvalue weighted by Crippen LogP contribution is -2.49. The van der Waals surface area contributed by atoms with Crippen LogP contribution < -0.4 is 15.0 Å². The van der Waals surface area contributed by atoms with E-state index < -0.39 is 5.54 Å². The number of imide groups is 1. The maximum absolute atomic E-state index is 12.7. The Morgan fingerprint density at radius 2 is 1.79 bits per heavy atom. The van der Waals surface area contributed by atoms with E-state index in [1.54, 1.807) is 7.11 Å². The van der Waals surface area contributed by atoms with E-state index in [9.17, 15) is 14.4 Å². The fraction of sp³-hybridized carbons (Fsp3) is 0.571. The van der Waals surface area contributed by atoms with Gasteiger partial charge in [0.25, 0.3) is 5.91 Å². The Morgan fingerprint density at radius 1 is 1.10 bits per heavy atom. The van der Waals surface area contributed by atoms with Crippen molar-refractivity contribution < 1.29 is 19.1 Å². The second kappa shape index (κ2) is 7.93. The molecule has 1 saturated carbocycles. The van der Waals surface area contributed by atoms with Gasteiger partial charge in [-0.3, -0.25) is 14.5 Å². The van der Waals surface area contributed by atoms with Gasteiger partial charge in [-0.15, -0.1) is 0 Å². The first-order valence-corrected chi connectivity index (χ1v) is 10.3. The third kappa shape index (κ3) is 3.63. The molecule has 3 aliphatic rings. The van der Waals surface area contributed by atoms with E-state index in [-0.39, 0.29) is 30.8 Å². The quantitative estimate of drug-likeness (QED) is 0.760. The SMILES string of the molecule is COc1ccccc1N1CCN(C(=O)CCN2C(=O)NC3(CCCC3)C2=O)CC1. The number of hydrogen-bond acceptors (Lipinski definition) is 5. The molecule has 3 fully saturated rings. The largest absolute Gasteiger partial charge is 0.495 e. The topological polar surface area (TPSA) is 82.2 Å². The van der Waals surface area contributed by atoms with Crippen molar-refractivity contribution >= 4 is 23.5 Å². The minimum atomic E-state index is -0.708. The van der Waals surface area contributed by atoms with E-state index in [1.807, 2.05) is 29.2 Å². The van der Waals surface area contributed by atoms with Gasteiger partial charge in [-0.05, 0) is 25.0 Å². The Hall–Kier alpha value is -2.77. The van der Waals surface area contributed by atoms with Crippen LogP contribution in [0.3, 0.4) is 0 Å². The molecule has 29 heavy (non-hydrogen) atoms. The molecule has 2 aliphatic heterocycles. The van der Waals surface area contributed by atoms with Gasteiger partial charge in [-0.2, -0.15) is 0 Å². The zero-order valence-corrected chi connectivity index (χ0v) is 16.9. The number of nitrogens with zero attached hydrogens (tertiary/aromatic N) is 3. The summed E-state index contributed by atoms with van der Waals surface area (Å²) in [5, 5.41) is 2.86. The molecule has 1 aromatic rings. The van der Waals surface area contributed by atoms with Crippen molar-refractivity contribution in [1.82, 2.24) is 15.1 Å². The van der Waals surface area contributed by atoms with Crippen LogP contribution in [0.4, 0.5) is 10.5 Å². The maximum atomic E-state index is 12.7. The van der Waals surface area contributed by atoms with Crippen LogP contribution in [0.15, 0.2) is 24.3 Å². The fourth-order valence-corrected chi connectivity index (χ4v) is 4.65. The molecule has 0 radical (unpaired) electrons. The third-order valence-corrected chi connectivity index (χ3v) is 6.31. The number of piperazine rings is 1. The highest BCUT2D eigenvalue weighted by molar-refractivity contribution is 6.07. The predicted molar refractivity (Wildman–Crippen MR) is 108 cm³/mol. The third-order valence-electron chi connectivity index (χ3n) is 6.31. The lowest BCUT2D eigenvalue weighted by atomic mass is 9.98. The standard InChI is InChI=1S/C21H28N4O4/c1-29-17-7-3-2-6-16(17)23-12-14-24(15-13-23)18(26)8-11-25-19(27)21(22-20(25)28)9-4-5-10-21/h2-3,6-7H,4-5,8-15H2,1H3,(H,22,28). The highest BCUT2D eigenvalue weighted by atomic mass is 16.5. The number of ether oxygens (including phenoxy) is 1. The first-order valence-electron chi connectivity index (χ1n) is 10.3. The molecule has 0 aromatic heterocycles. The molecule has 8 nitrogen and oxygen atoms in total. The molecule has 2 heterocycles. The normalized spacial score (nSPS) is 21.1. The van der Waals surface area contributed by atoms with Crippen LogP contribution in [0, 0.1) is 0 Å². The van der Waals surface area contributed by atoms with E-state index in [4.69, 9.17) is 4.74 Å².